The second-order valence-electron chi connectivity index (χ2n) is 6.88. The Morgan fingerprint density at radius 3 is 2.58 bits per heavy atom. The molecule has 1 aromatic heterocycles. The van der Waals surface area contributed by atoms with Gasteiger partial charge in [0.25, 0.3) is 0 Å². The topological polar surface area (TPSA) is 42.1 Å². The van der Waals surface area contributed by atoms with Gasteiger partial charge in [0, 0.05) is 21.6 Å². The van der Waals surface area contributed by atoms with Crippen LogP contribution < -0.4 is 0 Å². The van der Waals surface area contributed by atoms with Gasteiger partial charge in [-0.25, -0.2) is 0 Å². The molecule has 1 atom stereocenters. The maximum Gasteiger partial charge on any atom is 0.316 e. The first kappa shape index (κ1) is 18.5. The zero-order valence-corrected chi connectivity index (χ0v) is 16.2. The molecule has 136 valence electrons. The number of esters is 1. The number of nitrogens with one attached hydrogen (secondary N) is 1. The van der Waals surface area contributed by atoms with Crippen molar-refractivity contribution in [1.82, 2.24) is 4.98 Å². The Hall–Kier alpha value is -2.26. The summed E-state index contributed by atoms with van der Waals surface area (Å²) < 4.78 is 5.25. The smallest absolute Gasteiger partial charge is 0.316 e. The van der Waals surface area contributed by atoms with Gasteiger partial charge in [-0.2, -0.15) is 0 Å². The Kier molecular flexibility index (Phi) is 5.38. The van der Waals surface area contributed by atoms with Gasteiger partial charge in [0.05, 0.1) is 12.0 Å². The molecule has 4 heteroatoms. The van der Waals surface area contributed by atoms with Gasteiger partial charge < -0.3 is 9.72 Å². The molecule has 0 spiro atoms. The first-order chi connectivity index (χ1) is 12.5. The van der Waals surface area contributed by atoms with Crippen molar-refractivity contribution < 1.29 is 9.53 Å². The number of rotatable bonds is 2. The van der Waals surface area contributed by atoms with E-state index in [0.29, 0.717) is 11.6 Å². The fourth-order valence-electron chi connectivity index (χ4n) is 3.57. The molecule has 0 unspecified atom stereocenters. The Morgan fingerprint density at radius 1 is 1.23 bits per heavy atom. The molecule has 2 aromatic carbocycles. The normalized spacial score (nSPS) is 18.2. The van der Waals surface area contributed by atoms with Crippen LogP contribution in [0.3, 0.4) is 0 Å². The summed E-state index contributed by atoms with van der Waals surface area (Å²) in [7, 11) is 0. The summed E-state index contributed by atoms with van der Waals surface area (Å²) >= 11 is 6.08. The van der Waals surface area contributed by atoms with E-state index >= 15 is 0 Å². The van der Waals surface area contributed by atoms with Crippen LogP contribution in [0.5, 0.6) is 0 Å². The molecule has 1 heterocycles. The van der Waals surface area contributed by atoms with Crippen molar-refractivity contribution in [3.63, 3.8) is 0 Å². The SMILES string of the molecule is CCOC(=O)[C@@]1(C)CCc2[nH]c3ccc(Cl)cc3c21.Cc1ccccc1. The van der Waals surface area contributed by atoms with E-state index in [0.717, 1.165) is 35.0 Å². The van der Waals surface area contributed by atoms with Gasteiger partial charge in [-0.3, -0.25) is 4.79 Å². The van der Waals surface area contributed by atoms with Crippen LogP contribution >= 0.6 is 11.6 Å². The lowest BCUT2D eigenvalue weighted by Crippen LogP contribution is -2.32. The van der Waals surface area contributed by atoms with Crippen LogP contribution in [0.15, 0.2) is 48.5 Å². The van der Waals surface area contributed by atoms with Gasteiger partial charge in [0.15, 0.2) is 0 Å². The summed E-state index contributed by atoms with van der Waals surface area (Å²) in [5, 5.41) is 1.72. The van der Waals surface area contributed by atoms with Crippen LogP contribution in [0.1, 0.15) is 37.1 Å². The van der Waals surface area contributed by atoms with Crippen LogP contribution in [-0.2, 0) is 21.4 Å². The number of hydrogen-bond acceptors (Lipinski definition) is 2. The molecule has 1 aliphatic carbocycles. The Morgan fingerprint density at radius 2 is 1.96 bits per heavy atom. The summed E-state index contributed by atoms with van der Waals surface area (Å²) in [5.74, 6) is -0.144. The standard InChI is InChI=1S/C15H16ClNO2.C7H8/c1-3-19-14(18)15(2)7-6-12-13(15)10-8-9(16)4-5-11(10)17-12;1-7-5-3-2-4-6-7/h4-5,8,17H,3,6-7H2,1-2H3;2-6H,1H3/t15-;/m0./s1. The quantitative estimate of drug-likeness (QED) is 0.599. The van der Waals surface area contributed by atoms with Crippen LogP contribution in [0.2, 0.25) is 5.02 Å². The highest BCUT2D eigenvalue weighted by molar-refractivity contribution is 6.31. The number of fused-ring (bicyclic) bond motifs is 3. The second-order valence-corrected chi connectivity index (χ2v) is 7.31. The molecule has 0 radical (unpaired) electrons. The molecule has 1 aliphatic rings. The highest BCUT2D eigenvalue weighted by Crippen LogP contribution is 2.44. The van der Waals surface area contributed by atoms with Crippen molar-refractivity contribution in [3.05, 3.63) is 70.4 Å². The fourth-order valence-corrected chi connectivity index (χ4v) is 3.74. The van der Waals surface area contributed by atoms with Gasteiger partial charge >= 0.3 is 5.97 Å². The summed E-state index contributed by atoms with van der Waals surface area (Å²) in [6.07, 6.45) is 1.66. The summed E-state index contributed by atoms with van der Waals surface area (Å²) in [6.45, 7) is 6.29. The number of hydrogen-bond donors (Lipinski definition) is 1. The minimum atomic E-state index is -0.561. The van der Waals surface area contributed by atoms with Crippen molar-refractivity contribution in [1.29, 1.82) is 0 Å². The molecule has 0 amide bonds. The molecule has 1 N–H and O–H groups in total. The van der Waals surface area contributed by atoms with Gasteiger partial charge in [-0.1, -0.05) is 47.5 Å². The third-order valence-electron chi connectivity index (χ3n) is 4.93. The van der Waals surface area contributed by atoms with Crippen molar-refractivity contribution in [3.8, 4) is 0 Å². The van der Waals surface area contributed by atoms with Crippen LogP contribution in [0.4, 0.5) is 0 Å². The first-order valence-electron chi connectivity index (χ1n) is 8.95. The van der Waals surface area contributed by atoms with Crippen molar-refractivity contribution in [2.75, 3.05) is 6.61 Å². The second kappa shape index (κ2) is 7.55. The number of aryl methyl sites for hydroxylation is 2. The number of halogens is 1. The third kappa shape index (κ3) is 3.49. The number of carbonyl (C=O) groups excluding carboxylic acids is 1. The van der Waals surface area contributed by atoms with Crippen molar-refractivity contribution >= 4 is 28.5 Å². The largest absolute Gasteiger partial charge is 0.465 e. The average Bonchev–Trinajstić information content (AvgIpc) is 3.15. The molecular formula is C22H24ClNO2. The van der Waals surface area contributed by atoms with Crippen LogP contribution in [0.25, 0.3) is 10.9 Å². The molecule has 0 saturated carbocycles. The lowest BCUT2D eigenvalue weighted by atomic mass is 9.83. The zero-order chi connectivity index (χ0) is 18.7. The molecule has 0 bridgehead atoms. The van der Waals surface area contributed by atoms with Crippen LogP contribution in [0, 0.1) is 6.92 Å². The number of aromatic amines is 1. The molecular weight excluding hydrogens is 346 g/mol. The van der Waals surface area contributed by atoms with Gasteiger partial charge in [0.2, 0.25) is 0 Å². The molecule has 0 saturated heterocycles. The Balaban J connectivity index is 0.000000236. The molecule has 26 heavy (non-hydrogen) atoms. The summed E-state index contributed by atoms with van der Waals surface area (Å²) in [4.78, 5) is 15.7. The number of carbonyl (C=O) groups is 1. The molecule has 4 rings (SSSR count). The van der Waals surface area contributed by atoms with Gasteiger partial charge in [0.1, 0.15) is 0 Å². The lowest BCUT2D eigenvalue weighted by molar-refractivity contribution is -0.149. The zero-order valence-electron chi connectivity index (χ0n) is 15.4. The number of H-pyrrole nitrogens is 1. The highest BCUT2D eigenvalue weighted by Gasteiger charge is 2.44. The Labute approximate surface area is 159 Å². The Bertz CT molecular complexity index is 917. The predicted octanol–water partition coefficient (Wildman–Crippen LogP) is 5.58. The number of aromatic nitrogens is 1. The van der Waals surface area contributed by atoms with Crippen molar-refractivity contribution in [2.24, 2.45) is 0 Å². The highest BCUT2D eigenvalue weighted by atomic mass is 35.5. The average molecular weight is 370 g/mol. The van der Waals surface area contributed by atoms with Crippen LogP contribution in [-0.4, -0.2) is 17.6 Å². The van der Waals surface area contributed by atoms with E-state index in [1.54, 1.807) is 0 Å². The molecule has 3 aromatic rings. The van der Waals surface area contributed by atoms with E-state index in [2.05, 4.69) is 24.0 Å². The number of ether oxygens (including phenoxy) is 1. The van der Waals surface area contributed by atoms with E-state index < -0.39 is 5.41 Å². The third-order valence-corrected chi connectivity index (χ3v) is 5.17. The van der Waals surface area contributed by atoms with Gasteiger partial charge in [-0.05, 0) is 57.4 Å². The lowest BCUT2D eigenvalue weighted by Gasteiger charge is -2.22. The van der Waals surface area contributed by atoms with E-state index in [9.17, 15) is 4.79 Å². The molecule has 0 fully saturated rings. The minimum absolute atomic E-state index is 0.144. The maximum atomic E-state index is 12.3. The first-order valence-corrected chi connectivity index (χ1v) is 9.33. The molecule has 0 aliphatic heterocycles. The predicted molar refractivity (Wildman–Crippen MR) is 107 cm³/mol. The summed E-state index contributed by atoms with van der Waals surface area (Å²) in [6, 6.07) is 16.0. The van der Waals surface area contributed by atoms with E-state index in [4.69, 9.17) is 16.3 Å². The number of benzene rings is 2. The molecule has 3 nitrogen and oxygen atoms in total. The maximum absolute atomic E-state index is 12.3. The summed E-state index contributed by atoms with van der Waals surface area (Å²) in [5.41, 5.74) is 3.98. The van der Waals surface area contributed by atoms with E-state index in [-0.39, 0.29) is 5.97 Å². The van der Waals surface area contributed by atoms with E-state index in [1.807, 2.05) is 50.2 Å². The minimum Gasteiger partial charge on any atom is -0.465 e. The monoisotopic (exact) mass is 369 g/mol. The fraction of sp³-hybridized carbons (Fsp3) is 0.318. The van der Waals surface area contributed by atoms with E-state index in [1.165, 1.54) is 5.56 Å². The van der Waals surface area contributed by atoms with Crippen molar-refractivity contribution in [2.45, 2.75) is 39.0 Å². The van der Waals surface area contributed by atoms with Gasteiger partial charge in [-0.15, -0.1) is 0 Å².